The Morgan fingerprint density at radius 3 is 3.00 bits per heavy atom. The van der Waals surface area contributed by atoms with E-state index >= 15 is 0 Å². The van der Waals surface area contributed by atoms with Crippen molar-refractivity contribution in [3.63, 3.8) is 0 Å². The summed E-state index contributed by atoms with van der Waals surface area (Å²) in [5.74, 6) is -0.366. The van der Waals surface area contributed by atoms with Crippen LogP contribution in [0.2, 0.25) is 0 Å². The average Bonchev–Trinajstić information content (AvgIpc) is 2.41. The fourth-order valence-electron chi connectivity index (χ4n) is 2.19. The molecule has 0 saturated carbocycles. The van der Waals surface area contributed by atoms with E-state index in [1.807, 2.05) is 4.90 Å². The molecule has 0 bridgehead atoms. The first-order chi connectivity index (χ1) is 9.19. The van der Waals surface area contributed by atoms with Gasteiger partial charge in [0.2, 0.25) is 0 Å². The standard InChI is InChI=1S/C14H18FNO3/c15-14-4-2-1-3-11(14)7-12(18)8-16-5-6-19-13(9-16)10-17/h1-4,13,17H,5-10H2. The number of halogens is 1. The number of hydrogen-bond acceptors (Lipinski definition) is 4. The second kappa shape index (κ2) is 6.75. The van der Waals surface area contributed by atoms with Gasteiger partial charge in [0.05, 0.1) is 25.9 Å². The summed E-state index contributed by atoms with van der Waals surface area (Å²) in [6.45, 7) is 1.95. The van der Waals surface area contributed by atoms with Crippen LogP contribution in [0.1, 0.15) is 5.56 Å². The minimum Gasteiger partial charge on any atom is -0.394 e. The van der Waals surface area contributed by atoms with Crippen molar-refractivity contribution in [1.29, 1.82) is 0 Å². The van der Waals surface area contributed by atoms with Gasteiger partial charge in [-0.1, -0.05) is 18.2 Å². The second-order valence-corrected chi connectivity index (χ2v) is 4.72. The predicted octanol–water partition coefficient (Wildman–Crippen LogP) is 0.630. The number of morpholine rings is 1. The highest BCUT2D eigenvalue weighted by Crippen LogP contribution is 2.09. The first kappa shape index (κ1) is 14.1. The Morgan fingerprint density at radius 2 is 2.26 bits per heavy atom. The Kier molecular flexibility index (Phi) is 5.01. The molecule has 4 nitrogen and oxygen atoms in total. The van der Waals surface area contributed by atoms with Gasteiger partial charge < -0.3 is 9.84 Å². The number of hydrogen-bond donors (Lipinski definition) is 1. The van der Waals surface area contributed by atoms with Crippen LogP contribution in [-0.2, 0) is 16.0 Å². The molecule has 19 heavy (non-hydrogen) atoms. The molecule has 0 amide bonds. The normalized spacial score (nSPS) is 20.4. The van der Waals surface area contributed by atoms with Crippen LogP contribution in [0.15, 0.2) is 24.3 Å². The molecule has 0 radical (unpaired) electrons. The fourth-order valence-corrected chi connectivity index (χ4v) is 2.19. The van der Waals surface area contributed by atoms with E-state index in [2.05, 4.69) is 0 Å². The van der Waals surface area contributed by atoms with Crippen molar-refractivity contribution in [2.24, 2.45) is 0 Å². The molecule has 1 heterocycles. The lowest BCUT2D eigenvalue weighted by Gasteiger charge is -2.31. The van der Waals surface area contributed by atoms with Gasteiger partial charge in [0, 0.05) is 19.5 Å². The summed E-state index contributed by atoms with van der Waals surface area (Å²) in [5.41, 5.74) is 0.430. The van der Waals surface area contributed by atoms with Crippen LogP contribution in [0.5, 0.6) is 0 Å². The molecule has 1 N–H and O–H groups in total. The maximum atomic E-state index is 13.4. The first-order valence-corrected chi connectivity index (χ1v) is 6.39. The van der Waals surface area contributed by atoms with E-state index in [-0.39, 0.29) is 37.3 Å². The molecule has 1 atom stereocenters. The van der Waals surface area contributed by atoms with Gasteiger partial charge in [0.25, 0.3) is 0 Å². The Morgan fingerprint density at radius 1 is 1.47 bits per heavy atom. The quantitative estimate of drug-likeness (QED) is 0.850. The summed E-state index contributed by atoms with van der Waals surface area (Å²) in [4.78, 5) is 13.9. The largest absolute Gasteiger partial charge is 0.394 e. The van der Waals surface area contributed by atoms with Crippen molar-refractivity contribution in [2.45, 2.75) is 12.5 Å². The monoisotopic (exact) mass is 267 g/mol. The van der Waals surface area contributed by atoms with E-state index in [4.69, 9.17) is 9.84 Å². The zero-order chi connectivity index (χ0) is 13.7. The third kappa shape index (κ3) is 4.09. The minimum absolute atomic E-state index is 0.0244. The maximum absolute atomic E-state index is 13.4. The number of nitrogens with zero attached hydrogens (tertiary/aromatic N) is 1. The number of ketones is 1. The van der Waals surface area contributed by atoms with Gasteiger partial charge in [-0.05, 0) is 11.6 Å². The Bertz CT molecular complexity index is 438. The van der Waals surface area contributed by atoms with Crippen LogP contribution >= 0.6 is 0 Å². The number of benzene rings is 1. The average molecular weight is 267 g/mol. The van der Waals surface area contributed by atoms with Crippen molar-refractivity contribution >= 4 is 5.78 Å². The molecule has 5 heteroatoms. The molecule has 1 aliphatic rings. The summed E-state index contributed by atoms with van der Waals surface area (Å²) < 4.78 is 18.7. The summed E-state index contributed by atoms with van der Waals surface area (Å²) in [6, 6.07) is 6.32. The number of Topliss-reactive ketones (excluding diaryl/α,β-unsaturated/α-hetero) is 1. The van der Waals surface area contributed by atoms with Gasteiger partial charge in [-0.25, -0.2) is 4.39 Å². The maximum Gasteiger partial charge on any atom is 0.151 e. The van der Waals surface area contributed by atoms with E-state index in [0.717, 1.165) is 0 Å². The van der Waals surface area contributed by atoms with E-state index in [1.165, 1.54) is 6.07 Å². The van der Waals surface area contributed by atoms with E-state index < -0.39 is 0 Å². The number of rotatable bonds is 5. The van der Waals surface area contributed by atoms with Crippen LogP contribution in [0.3, 0.4) is 0 Å². The second-order valence-electron chi connectivity index (χ2n) is 4.72. The first-order valence-electron chi connectivity index (χ1n) is 6.39. The number of carbonyl (C=O) groups excluding carboxylic acids is 1. The highest BCUT2D eigenvalue weighted by molar-refractivity contribution is 5.82. The SMILES string of the molecule is O=C(Cc1ccccc1F)CN1CCOC(CO)C1. The number of carbonyl (C=O) groups is 1. The summed E-state index contributed by atoms with van der Waals surface area (Å²) in [7, 11) is 0. The highest BCUT2D eigenvalue weighted by Gasteiger charge is 2.21. The van der Waals surface area contributed by atoms with Crippen molar-refractivity contribution in [1.82, 2.24) is 4.90 Å². The smallest absolute Gasteiger partial charge is 0.151 e. The molecular formula is C14H18FNO3. The molecular weight excluding hydrogens is 249 g/mol. The lowest BCUT2D eigenvalue weighted by atomic mass is 10.1. The van der Waals surface area contributed by atoms with Gasteiger partial charge in [-0.15, -0.1) is 0 Å². The Balaban J connectivity index is 1.86. The number of aliphatic hydroxyl groups excluding tert-OH is 1. The molecule has 1 aromatic carbocycles. The van der Waals surface area contributed by atoms with Crippen LogP contribution in [-0.4, -0.2) is 54.7 Å². The zero-order valence-corrected chi connectivity index (χ0v) is 10.7. The summed E-state index contributed by atoms with van der Waals surface area (Å²) in [5, 5.41) is 9.03. The molecule has 0 aliphatic carbocycles. The topological polar surface area (TPSA) is 49.8 Å². The van der Waals surface area contributed by atoms with Gasteiger partial charge >= 0.3 is 0 Å². The zero-order valence-electron chi connectivity index (χ0n) is 10.7. The van der Waals surface area contributed by atoms with Gasteiger partial charge in [0.15, 0.2) is 5.78 Å². The van der Waals surface area contributed by atoms with Gasteiger partial charge in [-0.2, -0.15) is 0 Å². The highest BCUT2D eigenvalue weighted by atomic mass is 19.1. The molecule has 0 spiro atoms. The molecule has 1 aliphatic heterocycles. The molecule has 104 valence electrons. The van der Waals surface area contributed by atoms with E-state index in [9.17, 15) is 9.18 Å². The summed E-state index contributed by atoms with van der Waals surface area (Å²) in [6.07, 6.45) is -0.122. The van der Waals surface area contributed by atoms with E-state index in [1.54, 1.807) is 18.2 Å². The molecule has 1 fully saturated rings. The van der Waals surface area contributed by atoms with Crippen molar-refractivity contribution in [3.8, 4) is 0 Å². The number of aliphatic hydroxyl groups is 1. The summed E-state index contributed by atoms with van der Waals surface area (Å²) >= 11 is 0. The Labute approximate surface area is 111 Å². The third-order valence-corrected chi connectivity index (χ3v) is 3.17. The number of ether oxygens (including phenoxy) is 1. The Hall–Kier alpha value is -1.30. The van der Waals surface area contributed by atoms with Crippen molar-refractivity contribution in [3.05, 3.63) is 35.6 Å². The van der Waals surface area contributed by atoms with Crippen molar-refractivity contribution in [2.75, 3.05) is 32.8 Å². The molecule has 0 aromatic heterocycles. The fraction of sp³-hybridized carbons (Fsp3) is 0.500. The lowest BCUT2D eigenvalue weighted by molar-refractivity contribution is -0.122. The third-order valence-electron chi connectivity index (χ3n) is 3.17. The molecule has 2 rings (SSSR count). The van der Waals surface area contributed by atoms with Crippen LogP contribution in [0, 0.1) is 5.82 Å². The van der Waals surface area contributed by atoms with Crippen LogP contribution in [0.4, 0.5) is 4.39 Å². The molecule has 1 aromatic rings. The predicted molar refractivity (Wildman–Crippen MR) is 68.4 cm³/mol. The molecule has 1 unspecified atom stereocenters. The molecule has 1 saturated heterocycles. The van der Waals surface area contributed by atoms with Gasteiger partial charge in [0.1, 0.15) is 5.82 Å². The van der Waals surface area contributed by atoms with Crippen LogP contribution in [0.25, 0.3) is 0 Å². The van der Waals surface area contributed by atoms with E-state index in [0.29, 0.717) is 25.3 Å². The lowest BCUT2D eigenvalue weighted by Crippen LogP contribution is -2.46. The van der Waals surface area contributed by atoms with Crippen molar-refractivity contribution < 1.29 is 19.0 Å². The minimum atomic E-state index is -0.342. The van der Waals surface area contributed by atoms with Gasteiger partial charge in [-0.3, -0.25) is 9.69 Å². The van der Waals surface area contributed by atoms with Crippen LogP contribution < -0.4 is 0 Å².